The lowest BCUT2D eigenvalue weighted by Crippen LogP contribution is -2.35. The van der Waals surface area contributed by atoms with Gasteiger partial charge in [-0.05, 0) is 19.1 Å². The molecule has 0 aromatic heterocycles. The molecule has 1 atom stereocenters. The maximum atomic E-state index is 11.9. The highest BCUT2D eigenvalue weighted by atomic mass is 32.2. The number of carbonyl (C=O) groups is 2. The van der Waals surface area contributed by atoms with E-state index < -0.39 is 22.1 Å². The Morgan fingerprint density at radius 2 is 1.96 bits per heavy atom. The van der Waals surface area contributed by atoms with Crippen LogP contribution in [0.3, 0.4) is 0 Å². The van der Waals surface area contributed by atoms with Crippen molar-refractivity contribution < 1.29 is 22.7 Å². The summed E-state index contributed by atoms with van der Waals surface area (Å²) in [5.41, 5.74) is 0.474. The van der Waals surface area contributed by atoms with Crippen molar-refractivity contribution in [2.24, 2.45) is 4.99 Å². The van der Waals surface area contributed by atoms with E-state index in [2.05, 4.69) is 9.71 Å². The Bertz CT molecular complexity index is 786. The van der Waals surface area contributed by atoms with E-state index in [4.69, 9.17) is 4.74 Å². The second kappa shape index (κ2) is 7.00. The fraction of sp³-hybridized carbons (Fsp3) is 0.400. The van der Waals surface area contributed by atoms with E-state index >= 15 is 0 Å². The van der Waals surface area contributed by atoms with Crippen molar-refractivity contribution in [3.05, 3.63) is 29.8 Å². The number of nitrogens with one attached hydrogen (secondary N) is 1. The van der Waals surface area contributed by atoms with Crippen molar-refractivity contribution >= 4 is 27.7 Å². The minimum absolute atomic E-state index is 0.0495. The van der Waals surface area contributed by atoms with Crippen LogP contribution in [0.5, 0.6) is 0 Å². The van der Waals surface area contributed by atoms with Gasteiger partial charge >= 0.3 is 5.97 Å². The monoisotopic (exact) mass is 353 g/mol. The highest BCUT2D eigenvalue weighted by Crippen LogP contribution is 2.22. The van der Waals surface area contributed by atoms with E-state index in [0.29, 0.717) is 5.56 Å². The van der Waals surface area contributed by atoms with E-state index in [0.717, 1.165) is 0 Å². The van der Waals surface area contributed by atoms with E-state index in [9.17, 15) is 18.0 Å². The summed E-state index contributed by atoms with van der Waals surface area (Å²) in [6.45, 7) is 1.54. The second-order valence-electron chi connectivity index (χ2n) is 5.45. The zero-order valence-electron chi connectivity index (χ0n) is 13.6. The molecule has 0 spiro atoms. The number of carbonyl (C=O) groups excluding carboxylic acids is 2. The van der Waals surface area contributed by atoms with Gasteiger partial charge in [-0.15, -0.1) is 0 Å². The summed E-state index contributed by atoms with van der Waals surface area (Å²) in [5.74, 6) is -0.681. The molecule has 0 saturated carbocycles. The van der Waals surface area contributed by atoms with E-state index in [1.807, 2.05) is 0 Å². The average Bonchev–Trinajstić information content (AvgIpc) is 2.78. The predicted molar refractivity (Wildman–Crippen MR) is 87.0 cm³/mol. The van der Waals surface area contributed by atoms with E-state index in [1.54, 1.807) is 32.3 Å². The van der Waals surface area contributed by atoms with Crippen molar-refractivity contribution in [2.75, 3.05) is 20.6 Å². The van der Waals surface area contributed by atoms with Crippen LogP contribution >= 0.6 is 0 Å². The number of hydrogen-bond acceptors (Lipinski definition) is 6. The van der Waals surface area contributed by atoms with Gasteiger partial charge in [0, 0.05) is 19.7 Å². The Balaban J connectivity index is 1.96. The van der Waals surface area contributed by atoms with E-state index in [1.165, 1.54) is 17.9 Å². The molecule has 24 heavy (non-hydrogen) atoms. The van der Waals surface area contributed by atoms with Gasteiger partial charge in [-0.3, -0.25) is 19.3 Å². The number of fused-ring (bicyclic) bond motifs is 1. The number of sulfonamides is 1. The molecule has 1 amide bonds. The summed E-state index contributed by atoms with van der Waals surface area (Å²) in [6, 6.07) is 6.46. The molecular weight excluding hydrogens is 334 g/mol. The molecule has 9 heteroatoms. The Kier molecular flexibility index (Phi) is 5.23. The summed E-state index contributed by atoms with van der Waals surface area (Å²) in [7, 11) is -0.449. The lowest BCUT2D eigenvalue weighted by molar-refractivity contribution is -0.157. The zero-order valence-corrected chi connectivity index (χ0v) is 14.5. The second-order valence-corrected chi connectivity index (χ2v) is 7.10. The number of amidine groups is 1. The molecule has 0 fully saturated rings. The number of likely N-dealkylation sites (N-methyl/N-ethyl adjacent to an activating group) is 1. The molecule has 1 N–H and O–H groups in total. The van der Waals surface area contributed by atoms with Crippen LogP contribution in [0.4, 0.5) is 0 Å². The molecule has 0 bridgehead atoms. The lowest BCUT2D eigenvalue weighted by Gasteiger charge is -2.16. The highest BCUT2D eigenvalue weighted by molar-refractivity contribution is 7.90. The Morgan fingerprint density at radius 1 is 1.29 bits per heavy atom. The number of benzene rings is 1. The summed E-state index contributed by atoms with van der Waals surface area (Å²) in [6.07, 6.45) is -0.927. The van der Waals surface area contributed by atoms with Crippen LogP contribution < -0.4 is 4.72 Å². The summed E-state index contributed by atoms with van der Waals surface area (Å²) < 4.78 is 31.2. The first-order chi connectivity index (χ1) is 11.2. The summed E-state index contributed by atoms with van der Waals surface area (Å²) in [5, 5.41) is 0. The fourth-order valence-corrected chi connectivity index (χ4v) is 3.43. The zero-order chi connectivity index (χ0) is 17.9. The van der Waals surface area contributed by atoms with Gasteiger partial charge in [-0.1, -0.05) is 12.1 Å². The third-order valence-corrected chi connectivity index (χ3v) is 4.74. The predicted octanol–water partition coefficient (Wildman–Crippen LogP) is 0.135. The Hall–Kier alpha value is -2.42. The molecule has 8 nitrogen and oxygen atoms in total. The van der Waals surface area contributed by atoms with Crippen LogP contribution in [0.15, 0.2) is 34.2 Å². The molecule has 1 aliphatic rings. The number of nitrogens with zero attached hydrogens (tertiary/aromatic N) is 2. The molecule has 1 aromatic carbocycles. The van der Waals surface area contributed by atoms with Crippen LogP contribution in [0, 0.1) is 0 Å². The largest absolute Gasteiger partial charge is 0.452 e. The van der Waals surface area contributed by atoms with Crippen molar-refractivity contribution in [1.82, 2.24) is 9.62 Å². The van der Waals surface area contributed by atoms with Crippen LogP contribution in [0.2, 0.25) is 0 Å². The molecular formula is C15H19N3O5S. The number of esters is 1. The number of aliphatic imine (C=N–C) groups is 1. The first-order valence-corrected chi connectivity index (χ1v) is 8.78. The van der Waals surface area contributed by atoms with Gasteiger partial charge in [-0.25, -0.2) is 8.42 Å². The molecule has 0 aliphatic carbocycles. The summed E-state index contributed by atoms with van der Waals surface area (Å²) >= 11 is 0. The minimum Gasteiger partial charge on any atom is -0.452 e. The highest BCUT2D eigenvalue weighted by Gasteiger charge is 2.30. The molecule has 0 unspecified atom stereocenters. The van der Waals surface area contributed by atoms with Crippen LogP contribution in [-0.4, -0.2) is 57.8 Å². The normalized spacial score (nSPS) is 17.7. The molecule has 2 rings (SSSR count). The van der Waals surface area contributed by atoms with Gasteiger partial charge in [0.25, 0.3) is 15.9 Å². The van der Waals surface area contributed by atoms with Crippen molar-refractivity contribution in [3.8, 4) is 0 Å². The number of hydrogen-bond donors (Lipinski definition) is 1. The molecule has 0 radical (unpaired) electrons. The third kappa shape index (κ3) is 3.91. The van der Waals surface area contributed by atoms with Crippen molar-refractivity contribution in [2.45, 2.75) is 24.3 Å². The van der Waals surface area contributed by atoms with E-state index in [-0.39, 0.29) is 29.6 Å². The standard InChI is InChI=1S/C15H19N3O5S/c1-10(15(20)18(2)3)23-13(19)8-9-16-14-11-6-4-5-7-12(11)24(21,22)17-14/h4-7,10H,8-9H2,1-3H3,(H,16,17)/t10-/m1/s1. The van der Waals surface area contributed by atoms with Gasteiger partial charge < -0.3 is 9.64 Å². The lowest BCUT2D eigenvalue weighted by atomic mass is 10.2. The van der Waals surface area contributed by atoms with Crippen molar-refractivity contribution in [3.63, 3.8) is 0 Å². The molecule has 130 valence electrons. The van der Waals surface area contributed by atoms with Crippen molar-refractivity contribution in [1.29, 1.82) is 0 Å². The molecule has 1 aliphatic heterocycles. The first-order valence-electron chi connectivity index (χ1n) is 7.29. The number of ether oxygens (including phenoxy) is 1. The Morgan fingerprint density at radius 3 is 2.62 bits per heavy atom. The quantitative estimate of drug-likeness (QED) is 0.758. The minimum atomic E-state index is -3.59. The van der Waals surface area contributed by atoms with Gasteiger partial charge in [-0.2, -0.15) is 0 Å². The Labute approximate surface area is 140 Å². The maximum absolute atomic E-state index is 11.9. The maximum Gasteiger partial charge on any atom is 0.308 e. The van der Waals surface area contributed by atoms with Gasteiger partial charge in [0.05, 0.1) is 17.9 Å². The number of rotatable bonds is 5. The van der Waals surface area contributed by atoms with Crippen LogP contribution in [0.25, 0.3) is 0 Å². The van der Waals surface area contributed by atoms with Gasteiger partial charge in [0.1, 0.15) is 5.84 Å². The topological polar surface area (TPSA) is 105 Å². The number of amides is 1. The van der Waals surface area contributed by atoms with Gasteiger partial charge in [0.15, 0.2) is 6.10 Å². The first kappa shape index (κ1) is 17.9. The smallest absolute Gasteiger partial charge is 0.308 e. The van der Waals surface area contributed by atoms with Crippen LogP contribution in [-0.2, 0) is 24.3 Å². The fourth-order valence-electron chi connectivity index (χ4n) is 2.18. The molecule has 1 aromatic rings. The molecule has 1 heterocycles. The third-order valence-electron chi connectivity index (χ3n) is 3.35. The SMILES string of the molecule is C[C@@H](OC(=O)CCN=C1NS(=O)(=O)c2ccccc21)C(=O)N(C)C. The molecule has 0 saturated heterocycles. The van der Waals surface area contributed by atoms with Crippen LogP contribution in [0.1, 0.15) is 18.9 Å². The summed E-state index contributed by atoms with van der Waals surface area (Å²) in [4.78, 5) is 29.0. The van der Waals surface area contributed by atoms with Gasteiger partial charge in [0.2, 0.25) is 0 Å². The average molecular weight is 353 g/mol.